The summed E-state index contributed by atoms with van der Waals surface area (Å²) in [4.78, 5) is 4.93. The summed E-state index contributed by atoms with van der Waals surface area (Å²) >= 11 is 6.32. The summed E-state index contributed by atoms with van der Waals surface area (Å²) in [7, 11) is 0. The third kappa shape index (κ3) is 3.99. The SMILES string of the molecule is Clc1ccccc1N1CCN(CCCOc2cccc3c2CCC3)CC1. The lowest BCUT2D eigenvalue weighted by atomic mass is 10.1. The van der Waals surface area contributed by atoms with E-state index in [0.717, 1.165) is 62.2 Å². The molecule has 0 radical (unpaired) electrons. The van der Waals surface area contributed by atoms with Gasteiger partial charge < -0.3 is 9.64 Å². The minimum atomic E-state index is 0.807. The number of aryl methyl sites for hydroxylation is 1. The molecule has 1 saturated heterocycles. The van der Waals surface area contributed by atoms with Crippen LogP contribution in [0.1, 0.15) is 24.0 Å². The lowest BCUT2D eigenvalue weighted by Gasteiger charge is -2.36. The Hall–Kier alpha value is -1.71. The van der Waals surface area contributed by atoms with Crippen molar-refractivity contribution in [2.45, 2.75) is 25.7 Å². The molecule has 4 heteroatoms. The molecule has 1 aliphatic heterocycles. The van der Waals surface area contributed by atoms with Gasteiger partial charge in [-0.05, 0) is 55.0 Å². The minimum absolute atomic E-state index is 0.807. The van der Waals surface area contributed by atoms with Crippen LogP contribution in [0.25, 0.3) is 0 Å². The third-order valence-corrected chi connectivity index (χ3v) is 5.86. The van der Waals surface area contributed by atoms with Crippen molar-refractivity contribution in [2.24, 2.45) is 0 Å². The van der Waals surface area contributed by atoms with Gasteiger partial charge in [0.2, 0.25) is 0 Å². The van der Waals surface area contributed by atoms with Crippen molar-refractivity contribution in [2.75, 3.05) is 44.2 Å². The fourth-order valence-electron chi connectivity index (χ4n) is 4.11. The number of nitrogens with zero attached hydrogens (tertiary/aromatic N) is 2. The molecule has 0 N–H and O–H groups in total. The van der Waals surface area contributed by atoms with Crippen LogP contribution >= 0.6 is 11.6 Å². The van der Waals surface area contributed by atoms with E-state index >= 15 is 0 Å². The first kappa shape index (κ1) is 17.7. The lowest BCUT2D eigenvalue weighted by molar-refractivity contribution is 0.224. The van der Waals surface area contributed by atoms with Crippen LogP contribution in [-0.2, 0) is 12.8 Å². The van der Waals surface area contributed by atoms with Gasteiger partial charge in [0.05, 0.1) is 17.3 Å². The molecule has 0 atom stereocenters. The topological polar surface area (TPSA) is 15.7 Å². The molecule has 2 aliphatic rings. The van der Waals surface area contributed by atoms with Gasteiger partial charge in [-0.2, -0.15) is 0 Å². The standard InChI is InChI=1S/C22H27ClN2O/c23-20-9-1-2-10-21(20)25-15-13-24(14-16-25)12-5-17-26-22-11-4-7-18-6-3-8-19(18)22/h1-2,4,7,9-11H,3,5-6,8,12-17H2. The van der Waals surface area contributed by atoms with Crippen LogP contribution in [0.15, 0.2) is 42.5 Å². The monoisotopic (exact) mass is 370 g/mol. The van der Waals surface area contributed by atoms with Crippen LogP contribution in [0.2, 0.25) is 5.02 Å². The molecule has 2 aromatic carbocycles. The van der Waals surface area contributed by atoms with Gasteiger partial charge in [0, 0.05) is 32.7 Å². The number of rotatable bonds is 6. The second-order valence-electron chi connectivity index (χ2n) is 7.23. The first-order valence-corrected chi connectivity index (χ1v) is 10.1. The van der Waals surface area contributed by atoms with Gasteiger partial charge in [0.15, 0.2) is 0 Å². The fourth-order valence-corrected chi connectivity index (χ4v) is 4.37. The summed E-state index contributed by atoms with van der Waals surface area (Å²) in [6, 6.07) is 14.6. The van der Waals surface area contributed by atoms with Crippen LogP contribution in [0.3, 0.4) is 0 Å². The normalized spacial score (nSPS) is 17.3. The van der Waals surface area contributed by atoms with Gasteiger partial charge in [-0.25, -0.2) is 0 Å². The number of piperazine rings is 1. The third-order valence-electron chi connectivity index (χ3n) is 5.54. The Bertz CT molecular complexity index is 741. The lowest BCUT2D eigenvalue weighted by Crippen LogP contribution is -2.46. The van der Waals surface area contributed by atoms with E-state index in [1.165, 1.54) is 30.4 Å². The average Bonchev–Trinajstić information content (AvgIpc) is 3.16. The Morgan fingerprint density at radius 3 is 2.62 bits per heavy atom. The highest BCUT2D eigenvalue weighted by Gasteiger charge is 2.19. The zero-order valence-corrected chi connectivity index (χ0v) is 16.0. The molecule has 0 unspecified atom stereocenters. The molecular formula is C22H27ClN2O. The summed E-state index contributed by atoms with van der Waals surface area (Å²) in [5.41, 5.74) is 4.09. The molecule has 2 aromatic rings. The molecule has 0 amide bonds. The van der Waals surface area contributed by atoms with Gasteiger partial charge in [-0.1, -0.05) is 35.9 Å². The maximum absolute atomic E-state index is 6.32. The number of benzene rings is 2. The predicted molar refractivity (Wildman–Crippen MR) is 109 cm³/mol. The Kier molecular flexibility index (Phi) is 5.66. The van der Waals surface area contributed by atoms with E-state index in [9.17, 15) is 0 Å². The molecule has 0 spiro atoms. The smallest absolute Gasteiger partial charge is 0.122 e. The first-order valence-electron chi connectivity index (χ1n) is 9.77. The Morgan fingerprint density at radius 2 is 1.77 bits per heavy atom. The Morgan fingerprint density at radius 1 is 0.923 bits per heavy atom. The van der Waals surface area contributed by atoms with Gasteiger partial charge >= 0.3 is 0 Å². The Balaban J connectivity index is 1.20. The average molecular weight is 371 g/mol. The van der Waals surface area contributed by atoms with Crippen molar-refractivity contribution in [3.63, 3.8) is 0 Å². The largest absolute Gasteiger partial charge is 0.493 e. The molecule has 0 bridgehead atoms. The highest BCUT2D eigenvalue weighted by molar-refractivity contribution is 6.33. The van der Waals surface area contributed by atoms with E-state index in [1.54, 1.807) is 0 Å². The zero-order valence-electron chi connectivity index (χ0n) is 15.3. The van der Waals surface area contributed by atoms with Crippen molar-refractivity contribution in [1.29, 1.82) is 0 Å². The molecule has 26 heavy (non-hydrogen) atoms. The molecular weight excluding hydrogens is 344 g/mol. The van der Waals surface area contributed by atoms with Crippen molar-refractivity contribution in [3.8, 4) is 5.75 Å². The highest BCUT2D eigenvalue weighted by atomic mass is 35.5. The van der Waals surface area contributed by atoms with E-state index in [2.05, 4.69) is 40.1 Å². The summed E-state index contributed by atoms with van der Waals surface area (Å²) in [6.07, 6.45) is 4.74. The van der Waals surface area contributed by atoms with Crippen LogP contribution < -0.4 is 9.64 Å². The number of para-hydroxylation sites is 1. The molecule has 1 fully saturated rings. The number of ether oxygens (including phenoxy) is 1. The highest BCUT2D eigenvalue weighted by Crippen LogP contribution is 2.30. The van der Waals surface area contributed by atoms with Crippen LogP contribution in [0, 0.1) is 0 Å². The van der Waals surface area contributed by atoms with Crippen LogP contribution in [-0.4, -0.2) is 44.2 Å². The summed E-state index contributed by atoms with van der Waals surface area (Å²) < 4.78 is 6.09. The second-order valence-corrected chi connectivity index (χ2v) is 7.64. The maximum Gasteiger partial charge on any atom is 0.122 e. The predicted octanol–water partition coefficient (Wildman–Crippen LogP) is 4.42. The van der Waals surface area contributed by atoms with Gasteiger partial charge in [-0.3, -0.25) is 4.90 Å². The fraction of sp³-hybridized carbons (Fsp3) is 0.455. The number of anilines is 1. The molecule has 1 heterocycles. The molecule has 138 valence electrons. The molecule has 4 rings (SSSR count). The molecule has 1 aliphatic carbocycles. The summed E-state index contributed by atoms with van der Waals surface area (Å²) in [5, 5.41) is 0.852. The summed E-state index contributed by atoms with van der Waals surface area (Å²) in [6.45, 7) is 6.16. The van der Waals surface area contributed by atoms with E-state index in [4.69, 9.17) is 16.3 Å². The molecule has 0 aromatic heterocycles. The number of fused-ring (bicyclic) bond motifs is 1. The van der Waals surface area contributed by atoms with Gasteiger partial charge in [0.25, 0.3) is 0 Å². The van der Waals surface area contributed by atoms with Crippen molar-refractivity contribution in [1.82, 2.24) is 4.90 Å². The number of halogens is 1. The van der Waals surface area contributed by atoms with E-state index in [0.29, 0.717) is 0 Å². The van der Waals surface area contributed by atoms with Crippen molar-refractivity contribution >= 4 is 17.3 Å². The summed E-state index contributed by atoms with van der Waals surface area (Å²) in [5.74, 6) is 1.11. The van der Waals surface area contributed by atoms with E-state index in [1.807, 2.05) is 12.1 Å². The van der Waals surface area contributed by atoms with E-state index < -0.39 is 0 Å². The van der Waals surface area contributed by atoms with Gasteiger partial charge in [0.1, 0.15) is 5.75 Å². The minimum Gasteiger partial charge on any atom is -0.493 e. The van der Waals surface area contributed by atoms with Crippen LogP contribution in [0.5, 0.6) is 5.75 Å². The van der Waals surface area contributed by atoms with Crippen LogP contribution in [0.4, 0.5) is 5.69 Å². The maximum atomic E-state index is 6.32. The second kappa shape index (κ2) is 8.32. The van der Waals surface area contributed by atoms with Crippen molar-refractivity contribution < 1.29 is 4.74 Å². The number of hydrogen-bond acceptors (Lipinski definition) is 3. The molecule has 3 nitrogen and oxygen atoms in total. The molecule has 0 saturated carbocycles. The quantitative estimate of drug-likeness (QED) is 0.700. The van der Waals surface area contributed by atoms with E-state index in [-0.39, 0.29) is 0 Å². The Labute approximate surface area is 161 Å². The zero-order chi connectivity index (χ0) is 17.8. The van der Waals surface area contributed by atoms with Crippen molar-refractivity contribution in [3.05, 3.63) is 58.6 Å². The first-order chi connectivity index (χ1) is 12.8. The van der Waals surface area contributed by atoms with Gasteiger partial charge in [-0.15, -0.1) is 0 Å². The number of hydrogen-bond donors (Lipinski definition) is 0.